The van der Waals surface area contributed by atoms with E-state index in [1.165, 1.54) is 0 Å². The summed E-state index contributed by atoms with van der Waals surface area (Å²) in [4.78, 5) is 0. The predicted octanol–water partition coefficient (Wildman–Crippen LogP) is 3.25. The lowest BCUT2D eigenvalue weighted by Crippen LogP contribution is -2.39. The van der Waals surface area contributed by atoms with Gasteiger partial charge in [-0.25, -0.2) is 0 Å². The van der Waals surface area contributed by atoms with Gasteiger partial charge in [-0.2, -0.15) is 0 Å². The van der Waals surface area contributed by atoms with E-state index in [1.54, 1.807) is 28.4 Å². The lowest BCUT2D eigenvalue weighted by Gasteiger charge is -2.39. The van der Waals surface area contributed by atoms with E-state index in [2.05, 4.69) is 15.9 Å². The number of nitrogens with zero attached hydrogens (tertiary/aromatic N) is 1. The van der Waals surface area contributed by atoms with Crippen molar-refractivity contribution in [3.05, 3.63) is 15.2 Å². The molecule has 1 aromatic rings. The summed E-state index contributed by atoms with van der Waals surface area (Å²) in [5, 5.41) is 12.9. The number of benzene rings is 1. The van der Waals surface area contributed by atoms with Gasteiger partial charge in [0.15, 0.2) is 11.4 Å². The molecule has 0 saturated carbocycles. The summed E-state index contributed by atoms with van der Waals surface area (Å²) in [7, 11) is 6.34. The molecule has 0 spiro atoms. The van der Waals surface area contributed by atoms with Gasteiger partial charge in [0.1, 0.15) is 0 Å². The van der Waals surface area contributed by atoms with Crippen LogP contribution >= 0.6 is 15.9 Å². The van der Waals surface area contributed by atoms with Gasteiger partial charge in [-0.3, -0.25) is 0 Å². The highest BCUT2D eigenvalue weighted by molar-refractivity contribution is 9.10. The van der Waals surface area contributed by atoms with Gasteiger partial charge >= 0.3 is 0 Å². The molecule has 0 bridgehead atoms. The molecule has 0 aromatic heterocycles. The van der Waals surface area contributed by atoms with E-state index < -0.39 is 4.65 Å². The Morgan fingerprint density at radius 2 is 1.60 bits per heavy atom. The Labute approximate surface area is 127 Å². The molecular formula is C14H20BrNO4. The molecule has 1 atom stereocenters. The summed E-state index contributed by atoms with van der Waals surface area (Å²) in [5.74, 6) is 1.51. The Balaban J connectivity index is 2.84. The molecule has 1 unspecified atom stereocenters. The minimum Gasteiger partial charge on any atom is -0.627 e. The summed E-state index contributed by atoms with van der Waals surface area (Å²) in [6.07, 6.45) is 2.68. The van der Waals surface area contributed by atoms with Crippen LogP contribution in [0.4, 0.5) is 5.69 Å². The Morgan fingerprint density at radius 1 is 1.00 bits per heavy atom. The van der Waals surface area contributed by atoms with Crippen LogP contribution < -0.4 is 18.9 Å². The second kappa shape index (κ2) is 5.79. The maximum absolute atomic E-state index is 12.9. The lowest BCUT2D eigenvalue weighted by atomic mass is 10.1. The van der Waals surface area contributed by atoms with Gasteiger partial charge in [-0.05, 0) is 35.2 Å². The summed E-state index contributed by atoms with van der Waals surface area (Å²) in [5.41, 5.74) is 1.59. The topological polar surface area (TPSA) is 50.8 Å². The van der Waals surface area contributed by atoms with Gasteiger partial charge in [-0.1, -0.05) is 0 Å². The molecule has 0 aliphatic carbocycles. The van der Waals surface area contributed by atoms with Crippen molar-refractivity contribution < 1.29 is 14.2 Å². The molecule has 6 heteroatoms. The number of hydroxylamine groups is 2. The molecule has 1 heterocycles. The van der Waals surface area contributed by atoms with E-state index in [9.17, 15) is 5.21 Å². The fraction of sp³-hybridized carbons (Fsp3) is 0.571. The maximum atomic E-state index is 12.9. The van der Waals surface area contributed by atoms with E-state index >= 15 is 0 Å². The van der Waals surface area contributed by atoms with Crippen LogP contribution in [-0.2, 0) is 6.42 Å². The van der Waals surface area contributed by atoms with Gasteiger partial charge in [0, 0.05) is 5.56 Å². The number of hydrogen-bond donors (Lipinski definition) is 0. The fourth-order valence-electron chi connectivity index (χ4n) is 2.80. The number of quaternary nitrogens is 1. The smallest absolute Gasteiger partial charge is 0.227 e. The molecule has 112 valence electrons. The predicted molar refractivity (Wildman–Crippen MR) is 82.7 cm³/mol. The van der Waals surface area contributed by atoms with Crippen molar-refractivity contribution in [3.63, 3.8) is 0 Å². The maximum Gasteiger partial charge on any atom is 0.227 e. The molecule has 20 heavy (non-hydrogen) atoms. The number of fused-ring (bicyclic) bond motifs is 1. The van der Waals surface area contributed by atoms with E-state index in [1.807, 2.05) is 0 Å². The minimum atomic E-state index is -0.461. The number of rotatable bonds is 3. The zero-order valence-corrected chi connectivity index (χ0v) is 13.9. The number of halogens is 1. The third-order valence-electron chi connectivity index (χ3n) is 3.72. The molecule has 1 aliphatic rings. The Kier molecular flexibility index (Phi) is 4.46. The van der Waals surface area contributed by atoms with Gasteiger partial charge in [-0.15, -0.1) is 0 Å². The van der Waals surface area contributed by atoms with Gasteiger partial charge in [0.05, 0.1) is 39.4 Å². The molecule has 0 saturated heterocycles. The number of methoxy groups -OCH3 is 3. The standard InChI is InChI=1S/C14H20BrNO4/c1-16(17)8-6-5-7-9-10(15)12(18-2)14(20-4)13(19-3)11(9)16/h5-8H2,1-4H3. The van der Waals surface area contributed by atoms with Crippen molar-refractivity contribution in [2.75, 3.05) is 34.9 Å². The first-order valence-electron chi connectivity index (χ1n) is 6.55. The molecule has 0 fully saturated rings. The molecule has 5 nitrogen and oxygen atoms in total. The first-order valence-corrected chi connectivity index (χ1v) is 7.34. The third-order valence-corrected chi connectivity index (χ3v) is 4.56. The van der Waals surface area contributed by atoms with Crippen LogP contribution in [0.2, 0.25) is 0 Å². The number of hydrogen-bond acceptors (Lipinski definition) is 4. The highest BCUT2D eigenvalue weighted by Crippen LogP contribution is 2.54. The molecule has 2 rings (SSSR count). The van der Waals surface area contributed by atoms with Gasteiger partial charge in [0.25, 0.3) is 0 Å². The average Bonchev–Trinajstić information content (AvgIpc) is 2.58. The first-order chi connectivity index (χ1) is 9.47. The van der Waals surface area contributed by atoms with Crippen LogP contribution in [0.1, 0.15) is 18.4 Å². The van der Waals surface area contributed by atoms with Crippen molar-refractivity contribution in [2.45, 2.75) is 19.3 Å². The second-order valence-electron chi connectivity index (χ2n) is 5.02. The molecular weight excluding hydrogens is 326 g/mol. The highest BCUT2D eigenvalue weighted by atomic mass is 79.9. The fourth-order valence-corrected chi connectivity index (χ4v) is 3.53. The zero-order chi connectivity index (χ0) is 14.9. The van der Waals surface area contributed by atoms with Crippen molar-refractivity contribution in [1.82, 2.24) is 4.65 Å². The van der Waals surface area contributed by atoms with E-state index in [0.29, 0.717) is 29.5 Å². The summed E-state index contributed by atoms with van der Waals surface area (Å²) in [6, 6.07) is 0. The summed E-state index contributed by atoms with van der Waals surface area (Å²) >= 11 is 3.56. The van der Waals surface area contributed by atoms with Crippen molar-refractivity contribution >= 4 is 21.6 Å². The highest BCUT2D eigenvalue weighted by Gasteiger charge is 2.34. The molecule has 0 radical (unpaired) electrons. The molecule has 1 aliphatic heterocycles. The van der Waals surface area contributed by atoms with Crippen LogP contribution in [-0.4, -0.2) is 34.9 Å². The van der Waals surface area contributed by atoms with Gasteiger partial charge < -0.3 is 24.1 Å². The van der Waals surface area contributed by atoms with Crippen LogP contribution in [0.25, 0.3) is 0 Å². The van der Waals surface area contributed by atoms with E-state index in [4.69, 9.17) is 14.2 Å². The van der Waals surface area contributed by atoms with Crippen LogP contribution in [0.15, 0.2) is 4.47 Å². The molecule has 1 aromatic carbocycles. The SMILES string of the molecule is COc1c(Br)c2c(c(OC)c1OC)[N+](C)([O-])CCCC2. The van der Waals surface area contributed by atoms with Crippen LogP contribution in [0, 0.1) is 5.21 Å². The average molecular weight is 346 g/mol. The van der Waals surface area contributed by atoms with Gasteiger partial charge in [0.2, 0.25) is 11.5 Å². The largest absolute Gasteiger partial charge is 0.627 e. The molecule has 0 N–H and O–H groups in total. The monoisotopic (exact) mass is 345 g/mol. The first kappa shape index (κ1) is 15.4. The van der Waals surface area contributed by atoms with Crippen LogP contribution in [0.3, 0.4) is 0 Å². The second-order valence-corrected chi connectivity index (χ2v) is 5.82. The lowest BCUT2D eigenvalue weighted by molar-refractivity contribution is 0.315. The minimum absolute atomic E-state index is 0.461. The zero-order valence-electron chi connectivity index (χ0n) is 12.3. The van der Waals surface area contributed by atoms with Crippen molar-refractivity contribution in [2.24, 2.45) is 0 Å². The quantitative estimate of drug-likeness (QED) is 0.623. The normalized spacial score (nSPS) is 21.9. The Bertz CT molecular complexity index is 517. The molecule has 0 amide bonds. The van der Waals surface area contributed by atoms with Crippen molar-refractivity contribution in [1.29, 1.82) is 0 Å². The van der Waals surface area contributed by atoms with Crippen LogP contribution in [0.5, 0.6) is 17.2 Å². The van der Waals surface area contributed by atoms with E-state index in [0.717, 1.165) is 29.3 Å². The third kappa shape index (κ3) is 2.36. The Hall–Kier alpha value is -0.980. The van der Waals surface area contributed by atoms with Crippen molar-refractivity contribution in [3.8, 4) is 17.2 Å². The Morgan fingerprint density at radius 3 is 2.15 bits per heavy atom. The van der Waals surface area contributed by atoms with E-state index in [-0.39, 0.29) is 0 Å². The summed E-state index contributed by atoms with van der Waals surface area (Å²) < 4.78 is 16.6. The number of ether oxygens (including phenoxy) is 3. The summed E-state index contributed by atoms with van der Waals surface area (Å²) in [6.45, 7) is 0.533.